The molecule has 10 nitrogen and oxygen atoms in total. The molecule has 0 unspecified atom stereocenters. The number of ether oxygens (including phenoxy) is 3. The van der Waals surface area contributed by atoms with Gasteiger partial charge in [0.15, 0.2) is 0 Å². The molecular weight excluding hydrogens is 541 g/mol. The molecule has 37 heavy (non-hydrogen) atoms. The predicted molar refractivity (Wildman–Crippen MR) is 146 cm³/mol. The van der Waals surface area contributed by atoms with Gasteiger partial charge < -0.3 is 24.4 Å². The number of hydrogen-bond donors (Lipinski definition) is 1. The molecule has 0 saturated heterocycles. The summed E-state index contributed by atoms with van der Waals surface area (Å²) >= 11 is 13.5. The molecule has 3 aromatic rings. The van der Waals surface area contributed by atoms with Crippen LogP contribution in [0.15, 0.2) is 40.6 Å². The van der Waals surface area contributed by atoms with Crippen LogP contribution in [0.3, 0.4) is 0 Å². The van der Waals surface area contributed by atoms with E-state index in [0.29, 0.717) is 70.7 Å². The molecule has 0 bridgehead atoms. The zero-order valence-corrected chi connectivity index (χ0v) is 23.0. The van der Waals surface area contributed by atoms with Crippen molar-refractivity contribution in [3.05, 3.63) is 40.4 Å². The van der Waals surface area contributed by atoms with E-state index in [1.165, 1.54) is 25.4 Å². The summed E-state index contributed by atoms with van der Waals surface area (Å²) in [6, 6.07) is 8.59. The minimum Gasteiger partial charge on any atom is -0.468 e. The summed E-state index contributed by atoms with van der Waals surface area (Å²) in [5.41, 5.74) is 2.17. The number of carbonyl (C=O) groups excluding carboxylic acids is 2. The fraction of sp³-hybridized carbons (Fsp3) is 0.375. The summed E-state index contributed by atoms with van der Waals surface area (Å²) < 4.78 is 16.5. The lowest BCUT2D eigenvalue weighted by Gasteiger charge is -2.24. The van der Waals surface area contributed by atoms with Crippen molar-refractivity contribution in [1.82, 2.24) is 4.98 Å². The van der Waals surface area contributed by atoms with E-state index in [1.54, 1.807) is 35.2 Å². The van der Waals surface area contributed by atoms with Gasteiger partial charge in [0.05, 0.1) is 52.9 Å². The number of nitrogens with one attached hydrogen (secondary N) is 1. The van der Waals surface area contributed by atoms with Gasteiger partial charge in [-0.3, -0.25) is 9.59 Å². The van der Waals surface area contributed by atoms with E-state index in [9.17, 15) is 9.59 Å². The van der Waals surface area contributed by atoms with Crippen molar-refractivity contribution in [2.45, 2.75) is 13.8 Å². The van der Waals surface area contributed by atoms with Crippen molar-refractivity contribution >= 4 is 78.8 Å². The molecule has 1 amide bonds. The number of rotatable bonds is 13. The van der Waals surface area contributed by atoms with Gasteiger partial charge in [0.1, 0.15) is 12.2 Å². The Kier molecular flexibility index (Phi) is 11.0. The van der Waals surface area contributed by atoms with Crippen LogP contribution in [0.5, 0.6) is 0 Å². The molecule has 13 heteroatoms. The smallest absolute Gasteiger partial charge is 0.325 e. The van der Waals surface area contributed by atoms with Crippen molar-refractivity contribution < 1.29 is 23.8 Å². The third-order valence-electron chi connectivity index (χ3n) is 4.95. The lowest BCUT2D eigenvalue weighted by atomic mass is 10.2. The normalized spacial score (nSPS) is 11.3. The maximum absolute atomic E-state index is 12.0. The third-order valence-corrected chi connectivity index (χ3v) is 6.57. The van der Waals surface area contributed by atoms with E-state index in [4.69, 9.17) is 37.4 Å². The molecule has 1 heterocycles. The molecular formula is C24H27Cl2N5O5S. The second kappa shape index (κ2) is 14.2. The SMILES string of the molecule is CCOCCOCCN(CC(=O)OC)c1ccc(N=Nc2nc3cc(Cl)c(Cl)cc3s2)c(NC(C)=O)c1. The van der Waals surface area contributed by atoms with Gasteiger partial charge >= 0.3 is 5.97 Å². The Morgan fingerprint density at radius 1 is 1.08 bits per heavy atom. The summed E-state index contributed by atoms with van der Waals surface area (Å²) in [6.45, 7) is 5.66. The molecule has 0 atom stereocenters. The minimum absolute atomic E-state index is 0.00250. The highest BCUT2D eigenvalue weighted by Crippen LogP contribution is 2.36. The van der Waals surface area contributed by atoms with Crippen LogP contribution >= 0.6 is 34.5 Å². The number of fused-ring (bicyclic) bond motifs is 1. The summed E-state index contributed by atoms with van der Waals surface area (Å²) in [5.74, 6) is -0.688. The third kappa shape index (κ3) is 8.61. The zero-order chi connectivity index (χ0) is 26.8. The lowest BCUT2D eigenvalue weighted by molar-refractivity contribution is -0.139. The summed E-state index contributed by atoms with van der Waals surface area (Å²) in [6.07, 6.45) is 0. The van der Waals surface area contributed by atoms with Crippen LogP contribution in [-0.2, 0) is 23.8 Å². The Morgan fingerprint density at radius 2 is 1.84 bits per heavy atom. The van der Waals surface area contributed by atoms with Crippen molar-refractivity contribution in [3.63, 3.8) is 0 Å². The topological polar surface area (TPSA) is 115 Å². The number of aromatic nitrogens is 1. The summed E-state index contributed by atoms with van der Waals surface area (Å²) in [7, 11) is 1.33. The number of azo groups is 1. The van der Waals surface area contributed by atoms with Gasteiger partial charge in [-0.25, -0.2) is 4.98 Å². The number of halogens is 2. The quantitative estimate of drug-likeness (QED) is 0.153. The molecule has 1 N–H and O–H groups in total. The van der Waals surface area contributed by atoms with Gasteiger partial charge in [0.25, 0.3) is 0 Å². The molecule has 0 radical (unpaired) electrons. The van der Waals surface area contributed by atoms with E-state index < -0.39 is 5.97 Å². The zero-order valence-electron chi connectivity index (χ0n) is 20.6. The minimum atomic E-state index is -0.407. The number of esters is 1. The largest absolute Gasteiger partial charge is 0.468 e. The van der Waals surface area contributed by atoms with Crippen LogP contribution in [0.4, 0.5) is 22.2 Å². The molecule has 3 rings (SSSR count). The molecule has 0 aliphatic rings. The van der Waals surface area contributed by atoms with E-state index in [0.717, 1.165) is 4.70 Å². The highest BCUT2D eigenvalue weighted by atomic mass is 35.5. The molecule has 0 aliphatic carbocycles. The maximum atomic E-state index is 12.0. The molecule has 0 fully saturated rings. The van der Waals surface area contributed by atoms with Gasteiger partial charge in [0, 0.05) is 25.8 Å². The second-order valence-electron chi connectivity index (χ2n) is 7.62. The standard InChI is InChI=1S/C24H27Cl2N5O5S/c1-4-35-9-10-36-8-7-31(14-23(33)34-3)16-5-6-19(20(11-16)27-15(2)32)29-30-24-28-21-12-17(25)18(26)13-22(21)37-24/h5-6,11-13H,4,7-10,14H2,1-3H3,(H,27,32). The Balaban J connectivity index is 1.82. The van der Waals surface area contributed by atoms with E-state index in [1.807, 2.05) is 6.92 Å². The number of hydrogen-bond acceptors (Lipinski definition) is 10. The van der Waals surface area contributed by atoms with Gasteiger partial charge in [-0.05, 0) is 37.3 Å². The van der Waals surface area contributed by atoms with Crippen LogP contribution in [0, 0.1) is 0 Å². The number of carbonyl (C=O) groups is 2. The molecule has 0 aliphatic heterocycles. The van der Waals surface area contributed by atoms with Crippen LogP contribution in [0.1, 0.15) is 13.8 Å². The van der Waals surface area contributed by atoms with Crippen molar-refractivity contribution in [2.75, 3.05) is 56.8 Å². The Hall–Kier alpha value is -2.83. The number of nitrogens with zero attached hydrogens (tertiary/aromatic N) is 4. The van der Waals surface area contributed by atoms with E-state index in [2.05, 4.69) is 20.5 Å². The number of amides is 1. The van der Waals surface area contributed by atoms with Crippen LogP contribution in [0.25, 0.3) is 10.2 Å². The van der Waals surface area contributed by atoms with Gasteiger partial charge in [0.2, 0.25) is 11.0 Å². The molecule has 2 aromatic carbocycles. The Bertz CT molecular complexity index is 1230. The lowest BCUT2D eigenvalue weighted by Crippen LogP contribution is -2.33. The van der Waals surface area contributed by atoms with Crippen molar-refractivity contribution in [3.8, 4) is 0 Å². The maximum Gasteiger partial charge on any atom is 0.325 e. The highest BCUT2D eigenvalue weighted by molar-refractivity contribution is 7.22. The number of methoxy groups -OCH3 is 1. The average molecular weight is 568 g/mol. The number of thiazole rings is 1. The predicted octanol–water partition coefficient (Wildman–Crippen LogP) is 6.01. The summed E-state index contributed by atoms with van der Waals surface area (Å²) in [5, 5.41) is 12.5. The summed E-state index contributed by atoms with van der Waals surface area (Å²) in [4.78, 5) is 30.1. The fourth-order valence-electron chi connectivity index (χ4n) is 3.21. The first-order valence-electron chi connectivity index (χ1n) is 11.4. The van der Waals surface area contributed by atoms with E-state index >= 15 is 0 Å². The average Bonchev–Trinajstić information content (AvgIpc) is 3.25. The van der Waals surface area contributed by atoms with Crippen molar-refractivity contribution in [2.24, 2.45) is 10.2 Å². The molecule has 198 valence electrons. The Morgan fingerprint density at radius 3 is 2.57 bits per heavy atom. The first-order valence-corrected chi connectivity index (χ1v) is 12.9. The van der Waals surface area contributed by atoms with Crippen LogP contribution < -0.4 is 10.2 Å². The van der Waals surface area contributed by atoms with Gasteiger partial charge in [-0.2, -0.15) is 0 Å². The number of anilines is 2. The van der Waals surface area contributed by atoms with Gasteiger partial charge in [-0.1, -0.05) is 34.5 Å². The van der Waals surface area contributed by atoms with Crippen molar-refractivity contribution in [1.29, 1.82) is 0 Å². The second-order valence-corrected chi connectivity index (χ2v) is 9.44. The Labute approximate surface area is 228 Å². The molecule has 0 spiro atoms. The van der Waals surface area contributed by atoms with Gasteiger partial charge in [-0.15, -0.1) is 10.2 Å². The first kappa shape index (κ1) is 28.7. The monoisotopic (exact) mass is 567 g/mol. The number of benzene rings is 2. The highest BCUT2D eigenvalue weighted by Gasteiger charge is 2.15. The molecule has 0 saturated carbocycles. The first-order chi connectivity index (χ1) is 17.8. The van der Waals surface area contributed by atoms with E-state index in [-0.39, 0.29) is 12.5 Å². The fourth-order valence-corrected chi connectivity index (χ4v) is 4.40. The molecule has 1 aromatic heterocycles. The van der Waals surface area contributed by atoms with Crippen LogP contribution in [-0.4, -0.2) is 63.5 Å². The van der Waals surface area contributed by atoms with Crippen LogP contribution in [0.2, 0.25) is 10.0 Å².